The number of ether oxygens (including phenoxy) is 3. The molecule has 1 atom stereocenters. The number of carbonyl (C=O) groups excluding carboxylic acids is 2. The molecule has 31 heavy (non-hydrogen) atoms. The lowest BCUT2D eigenvalue weighted by atomic mass is 10.1. The molecule has 0 saturated carbocycles. The third kappa shape index (κ3) is 10.0. The Balaban J connectivity index is 3.25. The number of methoxy groups -OCH3 is 1. The Hall–Kier alpha value is -2.32. The van der Waals surface area contributed by atoms with Crippen LogP contribution in [0.25, 0.3) is 0 Å². The lowest BCUT2D eigenvalue weighted by Gasteiger charge is -2.37. The van der Waals surface area contributed by atoms with Crippen molar-refractivity contribution in [3.63, 3.8) is 0 Å². The predicted molar refractivity (Wildman–Crippen MR) is 125 cm³/mol. The Kier molecular flexibility index (Phi) is 12.0. The first-order chi connectivity index (χ1) is 14.7. The molecule has 1 aromatic rings. The van der Waals surface area contributed by atoms with Crippen molar-refractivity contribution >= 4 is 20.3 Å². The molecule has 1 unspecified atom stereocenters. The largest absolute Gasteiger partial charge is 0.448 e. The minimum Gasteiger partial charge on any atom is -0.448 e. The fourth-order valence-corrected chi connectivity index (χ4v) is 4.14. The van der Waals surface area contributed by atoms with E-state index in [-0.39, 0.29) is 26.0 Å². The summed E-state index contributed by atoms with van der Waals surface area (Å²) in [6.45, 7) is 10.6. The maximum absolute atomic E-state index is 12.9. The van der Waals surface area contributed by atoms with E-state index in [2.05, 4.69) is 31.8 Å². The average Bonchev–Trinajstić information content (AvgIpc) is 2.71. The van der Waals surface area contributed by atoms with Gasteiger partial charge in [-0.1, -0.05) is 68.2 Å². The molecule has 1 aromatic carbocycles. The summed E-state index contributed by atoms with van der Waals surface area (Å²) >= 11 is 0. The summed E-state index contributed by atoms with van der Waals surface area (Å²) in [7, 11) is 0.0736. The SMILES string of the molecule is CCOC(=O)N(COC)N(C(=O)OCC)C(/C=C/Cc1ccccc1)CC[Si](C)(C)C. The summed E-state index contributed by atoms with van der Waals surface area (Å²) in [6.07, 6.45) is 4.20. The van der Waals surface area contributed by atoms with Gasteiger partial charge in [-0.2, -0.15) is 5.01 Å². The standard InChI is InChI=1S/C23H38N2O5Si/c1-7-29-22(26)24(19-28-3)25(23(27)30-8-2)21(17-18-31(4,5)6)16-12-15-20-13-10-9-11-14-20/h9-14,16,21H,7-8,15,17-19H2,1-6H3/b16-12+. The van der Waals surface area contributed by atoms with Gasteiger partial charge in [-0.15, -0.1) is 0 Å². The third-order valence-corrected chi connectivity index (χ3v) is 6.29. The summed E-state index contributed by atoms with van der Waals surface area (Å²) in [5.41, 5.74) is 1.17. The second-order valence-electron chi connectivity index (χ2n) is 8.34. The maximum atomic E-state index is 12.9. The summed E-state index contributed by atoms with van der Waals surface area (Å²) in [5.74, 6) is 0. The monoisotopic (exact) mass is 450 g/mol. The van der Waals surface area contributed by atoms with E-state index >= 15 is 0 Å². The summed E-state index contributed by atoms with van der Waals surface area (Å²) < 4.78 is 15.7. The number of hydrazine groups is 1. The molecule has 0 spiro atoms. The maximum Gasteiger partial charge on any atom is 0.431 e. The van der Waals surface area contributed by atoms with Gasteiger partial charge in [0, 0.05) is 15.2 Å². The van der Waals surface area contributed by atoms with Crippen molar-refractivity contribution in [2.75, 3.05) is 27.1 Å². The van der Waals surface area contributed by atoms with Crippen molar-refractivity contribution in [2.45, 2.75) is 58.4 Å². The first-order valence-electron chi connectivity index (χ1n) is 10.8. The minimum absolute atomic E-state index is 0.117. The van der Waals surface area contributed by atoms with Gasteiger partial charge in [0.2, 0.25) is 0 Å². The van der Waals surface area contributed by atoms with Gasteiger partial charge in [0.15, 0.2) is 0 Å². The molecule has 0 N–H and O–H groups in total. The number of benzene rings is 1. The van der Waals surface area contributed by atoms with Crippen LogP contribution >= 0.6 is 0 Å². The first kappa shape index (κ1) is 26.7. The summed E-state index contributed by atoms with van der Waals surface area (Å²) in [4.78, 5) is 25.6. The van der Waals surface area contributed by atoms with Gasteiger partial charge in [-0.25, -0.2) is 14.6 Å². The average molecular weight is 451 g/mol. The summed E-state index contributed by atoms with van der Waals surface area (Å²) in [6, 6.07) is 10.7. The Labute approximate surface area is 187 Å². The quantitative estimate of drug-likeness (QED) is 0.198. The van der Waals surface area contributed by atoms with Gasteiger partial charge in [0.05, 0.1) is 19.3 Å². The van der Waals surface area contributed by atoms with Crippen LogP contribution in [0.15, 0.2) is 42.5 Å². The number of hydrogen-bond donors (Lipinski definition) is 0. The van der Waals surface area contributed by atoms with Crippen molar-refractivity contribution < 1.29 is 23.8 Å². The van der Waals surface area contributed by atoms with Crippen molar-refractivity contribution in [3.05, 3.63) is 48.0 Å². The van der Waals surface area contributed by atoms with Gasteiger partial charge < -0.3 is 14.2 Å². The minimum atomic E-state index is -1.40. The Morgan fingerprint density at radius 2 is 1.65 bits per heavy atom. The molecule has 0 aromatic heterocycles. The Morgan fingerprint density at radius 3 is 2.19 bits per heavy atom. The molecule has 0 aliphatic heterocycles. The lowest BCUT2D eigenvalue weighted by molar-refractivity contribution is -0.0825. The van der Waals surface area contributed by atoms with Crippen LogP contribution in [0.3, 0.4) is 0 Å². The highest BCUT2D eigenvalue weighted by molar-refractivity contribution is 6.76. The molecule has 0 aliphatic carbocycles. The van der Waals surface area contributed by atoms with Crippen LogP contribution in [-0.4, -0.2) is 63.4 Å². The molecule has 0 radical (unpaired) electrons. The van der Waals surface area contributed by atoms with E-state index in [1.807, 2.05) is 30.4 Å². The van der Waals surface area contributed by atoms with Crippen molar-refractivity contribution in [1.82, 2.24) is 10.0 Å². The zero-order valence-corrected chi connectivity index (χ0v) is 20.8. The number of amides is 2. The van der Waals surface area contributed by atoms with Gasteiger partial charge in [0.25, 0.3) is 0 Å². The van der Waals surface area contributed by atoms with Crippen LogP contribution in [0.1, 0.15) is 25.8 Å². The van der Waals surface area contributed by atoms with Crippen molar-refractivity contribution in [2.24, 2.45) is 0 Å². The van der Waals surface area contributed by atoms with E-state index in [0.29, 0.717) is 6.42 Å². The van der Waals surface area contributed by atoms with Gasteiger partial charge >= 0.3 is 12.2 Å². The predicted octanol–water partition coefficient (Wildman–Crippen LogP) is 5.32. The van der Waals surface area contributed by atoms with E-state index in [0.717, 1.165) is 12.5 Å². The highest BCUT2D eigenvalue weighted by Crippen LogP contribution is 2.21. The van der Waals surface area contributed by atoms with E-state index in [9.17, 15) is 9.59 Å². The zero-order valence-electron chi connectivity index (χ0n) is 19.8. The fourth-order valence-electron chi connectivity index (χ4n) is 2.98. The zero-order chi connectivity index (χ0) is 23.3. The highest BCUT2D eigenvalue weighted by Gasteiger charge is 2.34. The lowest BCUT2D eigenvalue weighted by Crippen LogP contribution is -2.55. The van der Waals surface area contributed by atoms with E-state index in [1.165, 1.54) is 22.7 Å². The molecule has 0 bridgehead atoms. The van der Waals surface area contributed by atoms with E-state index in [1.54, 1.807) is 13.8 Å². The van der Waals surface area contributed by atoms with Crippen LogP contribution in [0.5, 0.6) is 0 Å². The van der Waals surface area contributed by atoms with Crippen LogP contribution in [-0.2, 0) is 20.6 Å². The molecule has 8 heteroatoms. The molecule has 0 fully saturated rings. The second kappa shape index (κ2) is 13.9. The number of hydrogen-bond acceptors (Lipinski definition) is 5. The Morgan fingerprint density at radius 1 is 1.03 bits per heavy atom. The van der Waals surface area contributed by atoms with E-state index < -0.39 is 20.3 Å². The smallest absolute Gasteiger partial charge is 0.431 e. The van der Waals surface area contributed by atoms with Crippen LogP contribution < -0.4 is 0 Å². The van der Waals surface area contributed by atoms with Crippen molar-refractivity contribution in [1.29, 1.82) is 0 Å². The van der Waals surface area contributed by atoms with Crippen molar-refractivity contribution in [3.8, 4) is 0 Å². The highest BCUT2D eigenvalue weighted by atomic mass is 28.3. The number of allylic oxidation sites excluding steroid dienone is 1. The van der Waals surface area contributed by atoms with Crippen LogP contribution in [0, 0.1) is 0 Å². The topological polar surface area (TPSA) is 68.3 Å². The molecular formula is C23H38N2O5Si. The van der Waals surface area contributed by atoms with Gasteiger partial charge in [-0.3, -0.25) is 0 Å². The molecule has 0 saturated heterocycles. The van der Waals surface area contributed by atoms with Crippen LogP contribution in [0.2, 0.25) is 25.7 Å². The normalized spacial score (nSPS) is 12.5. The summed E-state index contributed by atoms with van der Waals surface area (Å²) in [5, 5.41) is 2.52. The van der Waals surface area contributed by atoms with Crippen LogP contribution in [0.4, 0.5) is 9.59 Å². The molecule has 0 heterocycles. The second-order valence-corrected chi connectivity index (χ2v) is 14.0. The molecule has 2 amide bonds. The fraction of sp³-hybridized carbons (Fsp3) is 0.565. The number of nitrogens with zero attached hydrogens (tertiary/aromatic N) is 2. The molecule has 7 nitrogen and oxygen atoms in total. The Bertz CT molecular complexity index is 691. The molecule has 1 rings (SSSR count). The number of carbonyl (C=O) groups is 2. The molecule has 174 valence electrons. The van der Waals surface area contributed by atoms with E-state index in [4.69, 9.17) is 14.2 Å². The molecule has 0 aliphatic rings. The van der Waals surface area contributed by atoms with Gasteiger partial charge in [0.1, 0.15) is 6.73 Å². The number of rotatable bonds is 11. The third-order valence-electron chi connectivity index (χ3n) is 4.50. The van der Waals surface area contributed by atoms with Gasteiger partial charge in [-0.05, 0) is 32.3 Å². The molecular weight excluding hydrogens is 412 g/mol. The first-order valence-corrected chi connectivity index (χ1v) is 14.5.